The molecule has 1 aromatic carbocycles. The van der Waals surface area contributed by atoms with Gasteiger partial charge >= 0.3 is 0 Å². The summed E-state index contributed by atoms with van der Waals surface area (Å²) in [4.78, 5) is 11.5. The van der Waals surface area contributed by atoms with E-state index in [4.69, 9.17) is 11.6 Å². The highest BCUT2D eigenvalue weighted by molar-refractivity contribution is 6.30. The van der Waals surface area contributed by atoms with Crippen LogP contribution in [0.5, 0.6) is 0 Å². The van der Waals surface area contributed by atoms with Crippen LogP contribution in [0.4, 0.5) is 8.78 Å². The van der Waals surface area contributed by atoms with Crippen molar-refractivity contribution in [1.82, 2.24) is 5.32 Å². The van der Waals surface area contributed by atoms with E-state index in [1.807, 2.05) is 0 Å². The molecule has 1 amide bonds. The number of halogens is 3. The number of benzene rings is 1. The summed E-state index contributed by atoms with van der Waals surface area (Å²) in [6.07, 6.45) is 1.84. The van der Waals surface area contributed by atoms with Gasteiger partial charge in [0.1, 0.15) is 17.0 Å². The Bertz CT molecular complexity index is 420. The van der Waals surface area contributed by atoms with E-state index in [0.717, 1.165) is 31.0 Å². The molecule has 0 bridgehead atoms. The fourth-order valence-electron chi connectivity index (χ4n) is 1.35. The van der Waals surface area contributed by atoms with Crippen molar-refractivity contribution in [1.29, 1.82) is 0 Å². The molecule has 5 heteroatoms. The van der Waals surface area contributed by atoms with Gasteiger partial charge < -0.3 is 5.32 Å². The monoisotopic (exact) mass is 245 g/mol. The second-order valence-electron chi connectivity index (χ2n) is 3.81. The summed E-state index contributed by atoms with van der Waals surface area (Å²) in [5, 5.41) is 1.45. The lowest BCUT2D eigenvalue weighted by atomic mass is 10.1. The molecule has 0 heterocycles. The molecule has 0 aromatic heterocycles. The Balaban J connectivity index is 2.14. The SMILES string of the molecule is O=C(NC1CC1)C(Cl)c1cc(F)ccc1F. The van der Waals surface area contributed by atoms with Crippen LogP contribution in [0.25, 0.3) is 0 Å². The van der Waals surface area contributed by atoms with Gasteiger partial charge in [0, 0.05) is 11.6 Å². The predicted octanol–water partition coefficient (Wildman–Crippen LogP) is 2.52. The van der Waals surface area contributed by atoms with Gasteiger partial charge in [0.2, 0.25) is 5.91 Å². The molecule has 1 atom stereocenters. The Morgan fingerprint density at radius 1 is 1.44 bits per heavy atom. The maximum atomic E-state index is 13.3. The molecule has 16 heavy (non-hydrogen) atoms. The van der Waals surface area contributed by atoms with Gasteiger partial charge in [-0.05, 0) is 31.0 Å². The number of amides is 1. The predicted molar refractivity (Wildman–Crippen MR) is 56.1 cm³/mol. The molecule has 2 rings (SSSR count). The van der Waals surface area contributed by atoms with E-state index in [0.29, 0.717) is 0 Å². The molecule has 1 aromatic rings. The standard InChI is InChI=1S/C11H10ClF2NO/c12-10(11(16)15-7-2-3-7)8-5-6(13)1-4-9(8)14/h1,4-5,7,10H,2-3H2,(H,15,16). The molecule has 1 aliphatic carbocycles. The number of rotatable bonds is 3. The number of nitrogens with one attached hydrogen (secondary N) is 1. The molecule has 0 saturated heterocycles. The minimum atomic E-state index is -1.18. The summed E-state index contributed by atoms with van der Waals surface area (Å²) in [6, 6.07) is 3.04. The van der Waals surface area contributed by atoms with Crippen molar-refractivity contribution in [3.8, 4) is 0 Å². The zero-order valence-electron chi connectivity index (χ0n) is 8.34. The molecule has 1 saturated carbocycles. The third-order valence-electron chi connectivity index (χ3n) is 2.39. The van der Waals surface area contributed by atoms with E-state index in [1.54, 1.807) is 0 Å². The van der Waals surface area contributed by atoms with E-state index in [-0.39, 0.29) is 11.6 Å². The van der Waals surface area contributed by atoms with Crippen molar-refractivity contribution in [3.63, 3.8) is 0 Å². The van der Waals surface area contributed by atoms with Crippen molar-refractivity contribution in [2.75, 3.05) is 0 Å². The molecule has 1 aliphatic rings. The van der Waals surface area contributed by atoms with Crippen molar-refractivity contribution >= 4 is 17.5 Å². The van der Waals surface area contributed by atoms with Gasteiger partial charge in [-0.3, -0.25) is 4.79 Å². The second-order valence-corrected chi connectivity index (χ2v) is 4.25. The Labute approximate surface area is 96.6 Å². The first-order valence-corrected chi connectivity index (χ1v) is 5.41. The van der Waals surface area contributed by atoms with Crippen LogP contribution in [0.15, 0.2) is 18.2 Å². The summed E-state index contributed by atoms with van der Waals surface area (Å²) in [7, 11) is 0. The number of carbonyl (C=O) groups excluding carboxylic acids is 1. The van der Waals surface area contributed by atoms with Crippen molar-refractivity contribution in [2.24, 2.45) is 0 Å². The first kappa shape index (κ1) is 11.3. The van der Waals surface area contributed by atoms with Crippen LogP contribution in [-0.2, 0) is 4.79 Å². The highest BCUT2D eigenvalue weighted by Crippen LogP contribution is 2.26. The van der Waals surface area contributed by atoms with Gasteiger partial charge in [-0.2, -0.15) is 0 Å². The van der Waals surface area contributed by atoms with Crippen LogP contribution in [0.1, 0.15) is 23.8 Å². The lowest BCUT2D eigenvalue weighted by molar-refractivity contribution is -0.121. The molecule has 86 valence electrons. The average molecular weight is 246 g/mol. The van der Waals surface area contributed by atoms with Gasteiger partial charge in [0.15, 0.2) is 0 Å². The summed E-state index contributed by atoms with van der Waals surface area (Å²) in [6.45, 7) is 0. The van der Waals surface area contributed by atoms with Crippen LogP contribution in [0.2, 0.25) is 0 Å². The van der Waals surface area contributed by atoms with Crippen LogP contribution in [-0.4, -0.2) is 11.9 Å². The molecule has 0 aliphatic heterocycles. The first-order chi connectivity index (χ1) is 7.58. The fraction of sp³-hybridized carbons (Fsp3) is 0.364. The Morgan fingerprint density at radius 2 is 2.12 bits per heavy atom. The Hall–Kier alpha value is -1.16. The fourth-order valence-corrected chi connectivity index (χ4v) is 1.58. The highest BCUT2D eigenvalue weighted by Gasteiger charge is 2.28. The summed E-state index contributed by atoms with van der Waals surface area (Å²) in [5.74, 6) is -1.76. The van der Waals surface area contributed by atoms with Gasteiger partial charge in [0.25, 0.3) is 0 Å². The van der Waals surface area contributed by atoms with Crippen LogP contribution < -0.4 is 5.32 Å². The van der Waals surface area contributed by atoms with E-state index < -0.39 is 22.9 Å². The molecule has 1 unspecified atom stereocenters. The van der Waals surface area contributed by atoms with Gasteiger partial charge in [0.05, 0.1) is 0 Å². The van der Waals surface area contributed by atoms with Crippen molar-refractivity contribution in [3.05, 3.63) is 35.4 Å². The third kappa shape index (κ3) is 2.50. The molecule has 2 nitrogen and oxygen atoms in total. The lowest BCUT2D eigenvalue weighted by Gasteiger charge is -2.11. The van der Waals surface area contributed by atoms with Gasteiger partial charge in [-0.25, -0.2) is 8.78 Å². The maximum Gasteiger partial charge on any atom is 0.242 e. The Morgan fingerprint density at radius 3 is 2.75 bits per heavy atom. The summed E-state index contributed by atoms with van der Waals surface area (Å²) >= 11 is 5.79. The number of alkyl halides is 1. The maximum absolute atomic E-state index is 13.3. The molecule has 0 spiro atoms. The van der Waals surface area contributed by atoms with E-state index in [9.17, 15) is 13.6 Å². The zero-order valence-corrected chi connectivity index (χ0v) is 9.10. The van der Waals surface area contributed by atoms with Crippen LogP contribution in [0.3, 0.4) is 0 Å². The molecule has 0 radical (unpaired) electrons. The average Bonchev–Trinajstić information content (AvgIpc) is 3.04. The summed E-state index contributed by atoms with van der Waals surface area (Å²) < 4.78 is 26.2. The normalized spacial score (nSPS) is 16.9. The number of hydrogen-bond donors (Lipinski definition) is 1. The summed E-state index contributed by atoms with van der Waals surface area (Å²) in [5.41, 5.74) is -0.125. The van der Waals surface area contributed by atoms with Gasteiger partial charge in [-0.1, -0.05) is 0 Å². The van der Waals surface area contributed by atoms with Crippen molar-refractivity contribution < 1.29 is 13.6 Å². The number of carbonyl (C=O) groups is 1. The van der Waals surface area contributed by atoms with E-state index in [2.05, 4.69) is 5.32 Å². The van der Waals surface area contributed by atoms with Crippen LogP contribution in [0, 0.1) is 11.6 Å². The largest absolute Gasteiger partial charge is 0.352 e. The van der Waals surface area contributed by atoms with Gasteiger partial charge in [-0.15, -0.1) is 11.6 Å². The number of hydrogen-bond acceptors (Lipinski definition) is 1. The second kappa shape index (κ2) is 4.37. The molecular weight excluding hydrogens is 236 g/mol. The van der Waals surface area contributed by atoms with E-state index >= 15 is 0 Å². The Kier molecular flexibility index (Phi) is 3.10. The smallest absolute Gasteiger partial charge is 0.242 e. The first-order valence-electron chi connectivity index (χ1n) is 4.97. The molecular formula is C11H10ClF2NO. The van der Waals surface area contributed by atoms with Crippen molar-refractivity contribution in [2.45, 2.75) is 24.3 Å². The quantitative estimate of drug-likeness (QED) is 0.815. The van der Waals surface area contributed by atoms with Crippen LogP contribution >= 0.6 is 11.6 Å². The molecule has 1 N–H and O–H groups in total. The van der Waals surface area contributed by atoms with E-state index in [1.165, 1.54) is 0 Å². The molecule has 1 fully saturated rings. The zero-order chi connectivity index (χ0) is 11.7. The lowest BCUT2D eigenvalue weighted by Crippen LogP contribution is -2.29. The highest BCUT2D eigenvalue weighted by atomic mass is 35.5. The minimum absolute atomic E-state index is 0.125. The topological polar surface area (TPSA) is 29.1 Å². The third-order valence-corrected chi connectivity index (χ3v) is 2.82. The minimum Gasteiger partial charge on any atom is -0.352 e.